The van der Waals surface area contributed by atoms with Crippen LogP contribution in [0.2, 0.25) is 0 Å². The Balaban J connectivity index is 2.12. The lowest BCUT2D eigenvalue weighted by atomic mass is 9.93. The van der Waals surface area contributed by atoms with E-state index in [9.17, 15) is 48.3 Å². The molecule has 0 fully saturated rings. The van der Waals surface area contributed by atoms with Crippen LogP contribution >= 0.6 is 0 Å². The number of ether oxygens (including phenoxy) is 5. The van der Waals surface area contributed by atoms with Crippen LogP contribution in [0.3, 0.4) is 0 Å². The highest BCUT2D eigenvalue weighted by molar-refractivity contribution is 5.96. The Morgan fingerprint density at radius 1 is 0.568 bits per heavy atom. The molecule has 0 saturated carbocycles. The lowest BCUT2D eigenvalue weighted by Gasteiger charge is -2.28. The van der Waals surface area contributed by atoms with Crippen molar-refractivity contribution in [2.45, 2.75) is 208 Å². The zero-order valence-electron chi connectivity index (χ0n) is 50.1. The van der Waals surface area contributed by atoms with Crippen molar-refractivity contribution in [3.63, 3.8) is 0 Å². The molecular formula is C57H89N9O15. The Morgan fingerprint density at radius 2 is 1.06 bits per heavy atom. The molecule has 5 atom stereocenters. The first-order chi connectivity index (χ1) is 37.2. The molecule has 0 aliphatic carbocycles. The topological polar surface area (TPSA) is 328 Å². The maximum atomic E-state index is 14.9. The van der Waals surface area contributed by atoms with Crippen molar-refractivity contribution in [1.82, 2.24) is 47.9 Å². The van der Waals surface area contributed by atoms with E-state index in [0.29, 0.717) is 28.7 Å². The largest absolute Gasteiger partial charge is 0.508 e. The predicted octanol–water partition coefficient (Wildman–Crippen LogP) is 5.96. The van der Waals surface area contributed by atoms with Crippen LogP contribution in [0.1, 0.15) is 146 Å². The van der Waals surface area contributed by atoms with E-state index >= 15 is 0 Å². The number of phenolic OH excluding ortho intramolecular Hbond substituents is 1. The minimum atomic E-state index is -1.55. The van der Waals surface area contributed by atoms with Crippen molar-refractivity contribution in [3.8, 4) is 16.9 Å². The van der Waals surface area contributed by atoms with E-state index < -0.39 is 119 Å². The molecule has 0 saturated heterocycles. The van der Waals surface area contributed by atoms with Crippen molar-refractivity contribution in [2.75, 3.05) is 26.2 Å². The molecule has 452 valence electrons. The molecule has 1 aliphatic rings. The molecule has 2 aromatic rings. The monoisotopic (exact) mass is 1140 g/mol. The van der Waals surface area contributed by atoms with Crippen LogP contribution in [0.15, 0.2) is 36.4 Å². The van der Waals surface area contributed by atoms with Gasteiger partial charge in [-0.2, -0.15) is 0 Å². The molecule has 24 nitrogen and oxygen atoms in total. The fourth-order valence-electron chi connectivity index (χ4n) is 7.81. The molecule has 10 N–H and O–H groups in total. The van der Waals surface area contributed by atoms with Gasteiger partial charge in [0.1, 0.15) is 57.9 Å². The fraction of sp³-hybridized carbons (Fsp3) is 0.632. The number of nitrogens with one attached hydrogen (secondary N) is 9. The summed E-state index contributed by atoms with van der Waals surface area (Å²) < 4.78 is 27.1. The lowest BCUT2D eigenvalue weighted by Crippen LogP contribution is -2.60. The summed E-state index contributed by atoms with van der Waals surface area (Å²) in [5, 5.41) is 35.2. The Hall–Kier alpha value is -7.53. The van der Waals surface area contributed by atoms with Crippen molar-refractivity contribution in [2.24, 2.45) is 0 Å². The van der Waals surface area contributed by atoms with E-state index in [-0.39, 0.29) is 63.1 Å². The van der Waals surface area contributed by atoms with Gasteiger partial charge in [0.25, 0.3) is 0 Å². The highest BCUT2D eigenvalue weighted by atomic mass is 16.6. The fourth-order valence-corrected chi connectivity index (χ4v) is 7.81. The van der Waals surface area contributed by atoms with E-state index in [1.165, 1.54) is 6.07 Å². The number of rotatable bonds is 17. The van der Waals surface area contributed by atoms with Gasteiger partial charge < -0.3 is 76.6 Å². The predicted molar refractivity (Wildman–Crippen MR) is 302 cm³/mol. The average Bonchev–Trinajstić information content (AvgIpc) is 3.39. The van der Waals surface area contributed by atoms with Crippen LogP contribution in [0, 0.1) is 6.92 Å². The second-order valence-corrected chi connectivity index (χ2v) is 24.9. The third-order valence-corrected chi connectivity index (χ3v) is 11.3. The Labute approximate surface area is 476 Å². The van der Waals surface area contributed by atoms with Crippen LogP contribution in [0.5, 0.6) is 5.75 Å². The van der Waals surface area contributed by atoms with Gasteiger partial charge in [-0.1, -0.05) is 24.3 Å². The van der Waals surface area contributed by atoms with Gasteiger partial charge in [0.2, 0.25) is 23.6 Å². The first-order valence-electron chi connectivity index (χ1n) is 27.2. The molecule has 81 heavy (non-hydrogen) atoms. The number of hydrogen-bond donors (Lipinski definition) is 10. The molecule has 4 bridgehead atoms. The Kier molecular flexibility index (Phi) is 24.5. The van der Waals surface area contributed by atoms with Crippen molar-refractivity contribution in [3.05, 3.63) is 53.1 Å². The number of benzene rings is 2. The summed E-state index contributed by atoms with van der Waals surface area (Å²) in [7, 11) is 0. The third kappa shape index (κ3) is 27.0. The normalized spacial score (nSPS) is 16.9. The van der Waals surface area contributed by atoms with Crippen LogP contribution in [0.4, 0.5) is 24.0 Å². The average molecular weight is 1140 g/mol. The Bertz CT molecular complexity index is 2540. The second kappa shape index (κ2) is 29.3. The standard InChI is InChI=1S/C57H89N9O15/c1-33-21-22-34-27-36(33)29-40(46(70)65-42(32-61-50(74)79-55(8,9)10)44(68)60-31-38(62-51(75)80-56(11,12)13)19-17-25-58-48(72)77-53(2,3)4)64-45(69)39(20-18-26-59-49(73)78-54(5,6)7)63-47(71)41(66-52(76)81-57(14,15)16)30-37-28-35(34)23-24-43(37)67/h21-24,27-28,38-42,67H,17-20,25-26,29-32H2,1-16H3,(H,58,72)(H,59,73)(H,60,68)(H,61,74)(H,62,75)(H,63,71)(H,64,69)(H,65,70)(H,66,76)/t38-,39-,40-,41-,42-/m0/s1. The van der Waals surface area contributed by atoms with Gasteiger partial charge in [-0.05, 0) is 176 Å². The van der Waals surface area contributed by atoms with Crippen molar-refractivity contribution >= 4 is 54.1 Å². The number of amides is 9. The SMILES string of the molecule is Cc1ccc2cc1C[C@@H](C(=O)N[C@@H](CNC(=O)OC(C)(C)C)C(=O)NC[C@H](CCCNC(=O)OC(C)(C)C)NC(=O)OC(C)(C)C)NC(=O)[C@H](CCCNC(=O)OC(C)(C)C)NC(=O)[C@@H](NC(=O)OC(C)(C)C)Cc1cc-2ccc1O. The molecule has 1 heterocycles. The maximum absolute atomic E-state index is 14.9. The molecule has 0 unspecified atom stereocenters. The van der Waals surface area contributed by atoms with Crippen LogP contribution in [-0.4, -0.2) is 144 Å². The summed E-state index contributed by atoms with van der Waals surface area (Å²) in [6, 6.07) is 3.49. The number of aromatic hydroxyl groups is 1. The quantitative estimate of drug-likeness (QED) is 0.0646. The van der Waals surface area contributed by atoms with E-state index in [1.54, 1.807) is 135 Å². The third-order valence-electron chi connectivity index (χ3n) is 11.3. The molecule has 0 spiro atoms. The van der Waals surface area contributed by atoms with E-state index in [1.807, 2.05) is 6.07 Å². The summed E-state index contributed by atoms with van der Waals surface area (Å²) in [6.45, 7) is 26.3. The first kappa shape index (κ1) is 67.7. The molecule has 24 heteroatoms. The molecule has 9 amide bonds. The van der Waals surface area contributed by atoms with Crippen LogP contribution in [-0.2, 0) is 55.7 Å². The summed E-state index contributed by atoms with van der Waals surface area (Å²) in [4.78, 5) is 123. The van der Waals surface area contributed by atoms with E-state index in [2.05, 4.69) is 47.9 Å². The number of phenols is 1. The van der Waals surface area contributed by atoms with E-state index in [4.69, 9.17) is 23.7 Å². The van der Waals surface area contributed by atoms with Crippen molar-refractivity contribution < 1.29 is 71.9 Å². The van der Waals surface area contributed by atoms with Crippen LogP contribution in [0.25, 0.3) is 11.1 Å². The minimum absolute atomic E-state index is 0.0106. The summed E-state index contributed by atoms with van der Waals surface area (Å²) in [5.41, 5.74) is -1.56. The number of carbonyl (C=O) groups is 9. The van der Waals surface area contributed by atoms with Gasteiger partial charge >= 0.3 is 30.5 Å². The second-order valence-electron chi connectivity index (χ2n) is 24.9. The van der Waals surface area contributed by atoms with Gasteiger partial charge in [0.05, 0.1) is 6.54 Å². The van der Waals surface area contributed by atoms with Crippen molar-refractivity contribution in [1.29, 1.82) is 0 Å². The summed E-state index contributed by atoms with van der Waals surface area (Å²) in [6.07, 6.45) is -3.97. The molecule has 1 aliphatic heterocycles. The van der Waals surface area contributed by atoms with Gasteiger partial charge in [0.15, 0.2) is 0 Å². The molecule has 0 radical (unpaired) electrons. The zero-order chi connectivity index (χ0) is 61.3. The highest BCUT2D eigenvalue weighted by Gasteiger charge is 2.34. The van der Waals surface area contributed by atoms with Crippen LogP contribution < -0.4 is 47.9 Å². The lowest BCUT2D eigenvalue weighted by molar-refractivity contribution is -0.134. The molecule has 0 aromatic heterocycles. The van der Waals surface area contributed by atoms with Gasteiger partial charge in [-0.3, -0.25) is 19.2 Å². The number of aryl methyl sites for hydroxylation is 1. The highest BCUT2D eigenvalue weighted by Crippen LogP contribution is 2.29. The number of fused-ring (bicyclic) bond motifs is 5. The van der Waals surface area contributed by atoms with Gasteiger partial charge in [-0.15, -0.1) is 0 Å². The number of carbonyl (C=O) groups excluding carboxylic acids is 9. The maximum Gasteiger partial charge on any atom is 0.408 e. The van der Waals surface area contributed by atoms with Gasteiger partial charge in [0, 0.05) is 38.5 Å². The zero-order valence-corrected chi connectivity index (χ0v) is 50.1. The smallest absolute Gasteiger partial charge is 0.408 e. The summed E-state index contributed by atoms with van der Waals surface area (Å²) >= 11 is 0. The summed E-state index contributed by atoms with van der Waals surface area (Å²) in [5.74, 6) is -3.62. The molecule has 3 rings (SSSR count). The minimum Gasteiger partial charge on any atom is -0.508 e. The molecular weight excluding hydrogens is 1050 g/mol. The van der Waals surface area contributed by atoms with Gasteiger partial charge in [-0.25, -0.2) is 24.0 Å². The number of alkyl carbamates (subject to hydrolysis) is 5. The van der Waals surface area contributed by atoms with E-state index in [0.717, 1.165) is 0 Å². The Morgan fingerprint density at radius 3 is 1.62 bits per heavy atom. The number of hydrogen-bond acceptors (Lipinski definition) is 15. The first-order valence-corrected chi connectivity index (χ1v) is 27.2. The molecule has 2 aromatic carbocycles.